The minimum absolute atomic E-state index is 0.308. The van der Waals surface area contributed by atoms with Crippen LogP contribution < -0.4 is 5.32 Å². The molecule has 0 spiro atoms. The number of aryl methyl sites for hydroxylation is 1. The second-order valence-corrected chi connectivity index (χ2v) is 6.74. The molecule has 0 aromatic carbocycles. The number of hydrogen-bond donors (Lipinski definition) is 1. The first-order chi connectivity index (χ1) is 9.56. The number of aromatic nitrogens is 2. The zero-order valence-electron chi connectivity index (χ0n) is 12.8. The predicted molar refractivity (Wildman–Crippen MR) is 90.0 cm³/mol. The van der Waals surface area contributed by atoms with Gasteiger partial charge in [0.05, 0.1) is 9.26 Å². The van der Waals surface area contributed by atoms with Crippen molar-refractivity contribution in [3.8, 4) is 0 Å². The van der Waals surface area contributed by atoms with Crippen molar-refractivity contribution >= 4 is 28.4 Å². The van der Waals surface area contributed by atoms with Crippen LogP contribution in [0, 0.1) is 9.49 Å². The Kier molecular flexibility index (Phi) is 5.23. The predicted octanol–water partition coefficient (Wildman–Crippen LogP) is 3.74. The van der Waals surface area contributed by atoms with E-state index in [2.05, 4.69) is 41.8 Å². The Hall–Kier alpha value is -0.430. The summed E-state index contributed by atoms with van der Waals surface area (Å²) in [6.45, 7) is 4.43. The van der Waals surface area contributed by atoms with Crippen molar-refractivity contribution in [1.82, 2.24) is 9.97 Å². The van der Waals surface area contributed by atoms with Crippen LogP contribution in [0.15, 0.2) is 0 Å². The molecule has 1 saturated carbocycles. The van der Waals surface area contributed by atoms with Crippen LogP contribution in [-0.4, -0.2) is 24.1 Å². The molecule has 1 aromatic heterocycles. The van der Waals surface area contributed by atoms with E-state index in [1.165, 1.54) is 12.8 Å². The maximum atomic E-state index is 5.92. The van der Waals surface area contributed by atoms with Crippen LogP contribution >= 0.6 is 22.6 Å². The molecule has 1 aromatic rings. The van der Waals surface area contributed by atoms with E-state index in [-0.39, 0.29) is 5.60 Å². The van der Waals surface area contributed by atoms with Gasteiger partial charge in [-0.2, -0.15) is 0 Å². The number of halogens is 1. The summed E-state index contributed by atoms with van der Waals surface area (Å²) >= 11 is 2.32. The number of methoxy groups -OCH3 is 1. The number of ether oxygens (including phenoxy) is 1. The van der Waals surface area contributed by atoms with E-state index >= 15 is 0 Å². The minimum atomic E-state index is -0.308. The van der Waals surface area contributed by atoms with Crippen molar-refractivity contribution in [2.45, 2.75) is 51.6 Å². The van der Waals surface area contributed by atoms with Gasteiger partial charge in [0.25, 0.3) is 0 Å². The molecule has 20 heavy (non-hydrogen) atoms. The number of nitrogens with one attached hydrogen (secondary N) is 1. The fourth-order valence-electron chi connectivity index (χ4n) is 3.08. The summed E-state index contributed by atoms with van der Waals surface area (Å²) in [4.78, 5) is 9.56. The highest BCUT2D eigenvalue weighted by molar-refractivity contribution is 14.1. The van der Waals surface area contributed by atoms with Gasteiger partial charge < -0.3 is 10.1 Å². The molecule has 0 aliphatic heterocycles. The third-order valence-corrected chi connectivity index (χ3v) is 5.38. The Morgan fingerprint density at radius 2 is 2.20 bits per heavy atom. The standard InChI is InChI=1S/C15H24IN3O/c1-5-11-12(16)13(17-3)19-14(18-11)15(20-4)8-6-7-10(2)9-15/h10H,5-9H2,1-4H3,(H,17,18,19). The lowest BCUT2D eigenvalue weighted by Gasteiger charge is -2.37. The van der Waals surface area contributed by atoms with E-state index in [9.17, 15) is 0 Å². The van der Waals surface area contributed by atoms with Gasteiger partial charge in [0.15, 0.2) is 5.82 Å². The normalized spacial score (nSPS) is 26.6. The van der Waals surface area contributed by atoms with Crippen molar-refractivity contribution in [3.05, 3.63) is 15.1 Å². The molecule has 1 N–H and O–H groups in total. The highest BCUT2D eigenvalue weighted by Gasteiger charge is 2.40. The van der Waals surface area contributed by atoms with Gasteiger partial charge in [0, 0.05) is 14.2 Å². The highest BCUT2D eigenvalue weighted by atomic mass is 127. The third kappa shape index (κ3) is 2.93. The molecule has 1 fully saturated rings. The van der Waals surface area contributed by atoms with Gasteiger partial charge in [-0.15, -0.1) is 0 Å². The number of nitrogens with zero attached hydrogens (tertiary/aromatic N) is 2. The molecule has 2 rings (SSSR count). The van der Waals surface area contributed by atoms with Gasteiger partial charge in [0.2, 0.25) is 0 Å². The van der Waals surface area contributed by atoms with E-state index in [1.54, 1.807) is 7.11 Å². The molecule has 0 bridgehead atoms. The maximum absolute atomic E-state index is 5.92. The fourth-order valence-corrected chi connectivity index (χ4v) is 3.97. The van der Waals surface area contributed by atoms with Crippen molar-refractivity contribution in [1.29, 1.82) is 0 Å². The van der Waals surface area contributed by atoms with Crippen LogP contribution in [0.2, 0.25) is 0 Å². The maximum Gasteiger partial charge on any atom is 0.162 e. The van der Waals surface area contributed by atoms with Crippen LogP contribution in [0.3, 0.4) is 0 Å². The Morgan fingerprint density at radius 3 is 2.75 bits per heavy atom. The quantitative estimate of drug-likeness (QED) is 0.798. The Morgan fingerprint density at radius 1 is 1.45 bits per heavy atom. The van der Waals surface area contributed by atoms with Crippen molar-refractivity contribution < 1.29 is 4.74 Å². The third-order valence-electron chi connectivity index (χ3n) is 4.25. The number of rotatable bonds is 4. The molecule has 1 heterocycles. The summed E-state index contributed by atoms with van der Waals surface area (Å²) in [5, 5.41) is 3.19. The fraction of sp³-hybridized carbons (Fsp3) is 0.733. The topological polar surface area (TPSA) is 47.0 Å². The smallest absolute Gasteiger partial charge is 0.162 e. The average Bonchev–Trinajstić information content (AvgIpc) is 2.47. The lowest BCUT2D eigenvalue weighted by atomic mass is 9.78. The molecule has 4 nitrogen and oxygen atoms in total. The Bertz CT molecular complexity index is 455. The van der Waals surface area contributed by atoms with Gasteiger partial charge in [0.1, 0.15) is 11.4 Å². The van der Waals surface area contributed by atoms with Gasteiger partial charge in [-0.3, -0.25) is 0 Å². The number of anilines is 1. The molecule has 2 unspecified atom stereocenters. The zero-order chi connectivity index (χ0) is 14.8. The highest BCUT2D eigenvalue weighted by Crippen LogP contribution is 2.41. The lowest BCUT2D eigenvalue weighted by molar-refractivity contribution is -0.0646. The molecule has 0 saturated heterocycles. The molecular formula is C15H24IN3O. The molecule has 1 aliphatic rings. The molecule has 1 aliphatic carbocycles. The lowest BCUT2D eigenvalue weighted by Crippen LogP contribution is -2.36. The van der Waals surface area contributed by atoms with Gasteiger partial charge in [-0.05, 0) is 54.2 Å². The zero-order valence-corrected chi connectivity index (χ0v) is 15.0. The second-order valence-electron chi connectivity index (χ2n) is 5.66. The van der Waals surface area contributed by atoms with Crippen molar-refractivity contribution in [3.63, 3.8) is 0 Å². The second kappa shape index (κ2) is 6.56. The summed E-state index contributed by atoms with van der Waals surface area (Å²) in [6.07, 6.45) is 5.39. The van der Waals surface area contributed by atoms with E-state index in [0.717, 1.165) is 40.2 Å². The first kappa shape index (κ1) is 15.9. The van der Waals surface area contributed by atoms with Gasteiger partial charge in [-0.25, -0.2) is 9.97 Å². The van der Waals surface area contributed by atoms with Crippen LogP contribution in [0.5, 0.6) is 0 Å². The van der Waals surface area contributed by atoms with Crippen molar-refractivity contribution in [2.75, 3.05) is 19.5 Å². The van der Waals surface area contributed by atoms with Gasteiger partial charge in [-0.1, -0.05) is 20.3 Å². The monoisotopic (exact) mass is 389 g/mol. The molecule has 112 valence electrons. The first-order valence-corrected chi connectivity index (χ1v) is 8.44. The van der Waals surface area contributed by atoms with E-state index < -0.39 is 0 Å². The molecule has 2 atom stereocenters. The molecule has 0 amide bonds. The molecule has 5 heteroatoms. The van der Waals surface area contributed by atoms with Crippen LogP contribution in [-0.2, 0) is 16.8 Å². The van der Waals surface area contributed by atoms with Crippen LogP contribution in [0.4, 0.5) is 5.82 Å². The summed E-state index contributed by atoms with van der Waals surface area (Å²) < 4.78 is 7.04. The van der Waals surface area contributed by atoms with E-state index in [1.807, 2.05) is 7.05 Å². The molecular weight excluding hydrogens is 365 g/mol. The summed E-state index contributed by atoms with van der Waals surface area (Å²) in [5.41, 5.74) is 0.798. The Balaban J connectivity index is 2.49. The SMILES string of the molecule is CCc1nc(C2(OC)CCCC(C)C2)nc(NC)c1I. The number of hydrogen-bond acceptors (Lipinski definition) is 4. The minimum Gasteiger partial charge on any atom is -0.372 e. The van der Waals surface area contributed by atoms with Gasteiger partial charge >= 0.3 is 0 Å². The van der Waals surface area contributed by atoms with E-state index in [4.69, 9.17) is 14.7 Å². The van der Waals surface area contributed by atoms with Crippen LogP contribution in [0.1, 0.15) is 51.0 Å². The first-order valence-electron chi connectivity index (χ1n) is 7.36. The average molecular weight is 389 g/mol. The summed E-state index contributed by atoms with van der Waals surface area (Å²) in [5.74, 6) is 2.44. The Labute approximate surface area is 135 Å². The van der Waals surface area contributed by atoms with Crippen LogP contribution in [0.25, 0.3) is 0 Å². The largest absolute Gasteiger partial charge is 0.372 e. The molecule has 0 radical (unpaired) electrons. The summed E-state index contributed by atoms with van der Waals surface area (Å²) in [6, 6.07) is 0. The van der Waals surface area contributed by atoms with E-state index in [0.29, 0.717) is 5.92 Å². The van der Waals surface area contributed by atoms with Crippen molar-refractivity contribution in [2.24, 2.45) is 5.92 Å². The summed E-state index contributed by atoms with van der Waals surface area (Å²) in [7, 11) is 3.71.